The van der Waals surface area contributed by atoms with E-state index in [1.165, 1.54) is 44.9 Å². The van der Waals surface area contributed by atoms with Gasteiger partial charge in [0.1, 0.15) is 0 Å². The van der Waals surface area contributed by atoms with Gasteiger partial charge in [0.25, 0.3) is 0 Å². The van der Waals surface area contributed by atoms with Crippen LogP contribution in [-0.2, 0) is 4.79 Å². The number of carbonyl (C=O) groups is 1. The highest BCUT2D eigenvalue weighted by Gasteiger charge is 2.25. The van der Waals surface area contributed by atoms with Gasteiger partial charge in [-0.05, 0) is 44.7 Å². The van der Waals surface area contributed by atoms with Crippen LogP contribution in [0.3, 0.4) is 0 Å². The predicted octanol–water partition coefficient (Wildman–Crippen LogP) is 1.87. The van der Waals surface area contributed by atoms with E-state index < -0.39 is 0 Å². The summed E-state index contributed by atoms with van der Waals surface area (Å²) in [4.78, 5) is 16.7. The number of piperidine rings is 1. The molecule has 1 heterocycles. The molecule has 1 unspecified atom stereocenters. The van der Waals surface area contributed by atoms with E-state index in [1.54, 1.807) is 0 Å². The lowest BCUT2D eigenvalue weighted by Gasteiger charge is -2.35. The average Bonchev–Trinajstić information content (AvgIpc) is 2.47. The van der Waals surface area contributed by atoms with Crippen LogP contribution in [-0.4, -0.2) is 55.0 Å². The zero-order valence-corrected chi connectivity index (χ0v) is 13.5. The van der Waals surface area contributed by atoms with Crippen LogP contribution in [0.5, 0.6) is 0 Å². The smallest absolute Gasteiger partial charge is 0.236 e. The first-order valence-electron chi connectivity index (χ1n) is 7.88. The van der Waals surface area contributed by atoms with E-state index in [1.807, 2.05) is 11.9 Å². The molecule has 4 nitrogen and oxygen atoms in total. The second-order valence-corrected chi connectivity index (χ2v) is 6.28. The van der Waals surface area contributed by atoms with Crippen LogP contribution < -0.4 is 5.73 Å². The number of carbonyl (C=O) groups excluding carboxylic acids is 1. The van der Waals surface area contributed by atoms with Crippen LogP contribution in [0.2, 0.25) is 0 Å². The fourth-order valence-electron chi connectivity index (χ4n) is 3.46. The molecule has 0 spiro atoms. The third kappa shape index (κ3) is 4.90. The van der Waals surface area contributed by atoms with Crippen LogP contribution in [0.25, 0.3) is 0 Å². The fourth-order valence-corrected chi connectivity index (χ4v) is 3.46. The number of hydrogen-bond donors (Lipinski definition) is 1. The molecule has 1 saturated carbocycles. The van der Waals surface area contributed by atoms with Gasteiger partial charge in [-0.1, -0.05) is 19.3 Å². The van der Waals surface area contributed by atoms with Gasteiger partial charge < -0.3 is 10.6 Å². The molecular formula is C15H30ClN3O. The molecule has 0 aromatic carbocycles. The molecule has 1 aliphatic carbocycles. The molecule has 2 aliphatic rings. The van der Waals surface area contributed by atoms with Gasteiger partial charge in [-0.3, -0.25) is 9.69 Å². The van der Waals surface area contributed by atoms with Crippen molar-refractivity contribution in [2.45, 2.75) is 51.0 Å². The summed E-state index contributed by atoms with van der Waals surface area (Å²) in [7, 11) is 1.99. The summed E-state index contributed by atoms with van der Waals surface area (Å²) < 4.78 is 0. The highest BCUT2D eigenvalue weighted by Crippen LogP contribution is 2.22. The normalized spacial score (nSPS) is 25.0. The zero-order chi connectivity index (χ0) is 13.7. The molecule has 0 radical (unpaired) electrons. The second-order valence-electron chi connectivity index (χ2n) is 6.28. The van der Waals surface area contributed by atoms with Gasteiger partial charge in [0.15, 0.2) is 0 Å². The number of halogens is 1. The van der Waals surface area contributed by atoms with Crippen molar-refractivity contribution in [1.29, 1.82) is 0 Å². The Morgan fingerprint density at radius 3 is 2.55 bits per heavy atom. The molecule has 2 fully saturated rings. The zero-order valence-electron chi connectivity index (χ0n) is 12.7. The highest BCUT2D eigenvalue weighted by molar-refractivity contribution is 5.85. The maximum atomic E-state index is 12.4. The van der Waals surface area contributed by atoms with Crippen LogP contribution in [0.4, 0.5) is 0 Å². The number of likely N-dealkylation sites (N-methyl/N-ethyl adjacent to an activating group) is 1. The molecule has 1 saturated heterocycles. The molecule has 1 amide bonds. The number of amides is 1. The van der Waals surface area contributed by atoms with Crippen molar-refractivity contribution in [2.24, 2.45) is 11.7 Å². The first-order valence-corrected chi connectivity index (χ1v) is 7.88. The van der Waals surface area contributed by atoms with Gasteiger partial charge >= 0.3 is 0 Å². The Labute approximate surface area is 129 Å². The van der Waals surface area contributed by atoms with E-state index in [4.69, 9.17) is 5.73 Å². The van der Waals surface area contributed by atoms with Crippen LogP contribution in [0.15, 0.2) is 0 Å². The third-order valence-corrected chi connectivity index (χ3v) is 4.81. The third-order valence-electron chi connectivity index (χ3n) is 4.81. The number of rotatable bonds is 4. The lowest BCUT2D eigenvalue weighted by Crippen LogP contribution is -2.47. The molecule has 20 heavy (non-hydrogen) atoms. The minimum atomic E-state index is 0. The Morgan fingerprint density at radius 1 is 1.20 bits per heavy atom. The van der Waals surface area contributed by atoms with E-state index in [9.17, 15) is 4.79 Å². The summed E-state index contributed by atoms with van der Waals surface area (Å²) in [6, 6.07) is 0.483. The first-order chi connectivity index (χ1) is 9.20. The minimum absolute atomic E-state index is 0. The van der Waals surface area contributed by atoms with Gasteiger partial charge in [-0.15, -0.1) is 12.4 Å². The predicted molar refractivity (Wildman–Crippen MR) is 85.1 cm³/mol. The molecule has 5 heteroatoms. The Morgan fingerprint density at radius 2 is 1.90 bits per heavy atom. The SMILES string of the molecule is CN(C(=O)CN1CCCC(CN)C1)C1CCCCC1.Cl. The van der Waals surface area contributed by atoms with Crippen molar-refractivity contribution < 1.29 is 4.79 Å². The standard InChI is InChI=1S/C15H29N3O.ClH/c1-17(14-7-3-2-4-8-14)15(19)12-18-9-5-6-13(10-16)11-18;/h13-14H,2-12,16H2,1H3;1H. The maximum Gasteiger partial charge on any atom is 0.236 e. The summed E-state index contributed by atoms with van der Waals surface area (Å²) in [5, 5.41) is 0. The van der Waals surface area contributed by atoms with E-state index in [2.05, 4.69) is 4.90 Å². The van der Waals surface area contributed by atoms with Gasteiger partial charge in [-0.25, -0.2) is 0 Å². The molecule has 2 rings (SSSR count). The summed E-state index contributed by atoms with van der Waals surface area (Å²) in [5.74, 6) is 0.881. The Hall–Kier alpha value is -0.320. The lowest BCUT2D eigenvalue weighted by molar-refractivity contribution is -0.134. The number of likely N-dealkylation sites (tertiary alicyclic amines) is 1. The molecule has 0 bridgehead atoms. The van der Waals surface area contributed by atoms with E-state index in [0.29, 0.717) is 24.4 Å². The van der Waals surface area contributed by atoms with Crippen LogP contribution in [0, 0.1) is 5.92 Å². The quantitative estimate of drug-likeness (QED) is 0.862. The first kappa shape index (κ1) is 17.7. The second kappa shape index (κ2) is 8.85. The summed E-state index contributed by atoms with van der Waals surface area (Å²) in [6.07, 6.45) is 8.68. The minimum Gasteiger partial charge on any atom is -0.342 e. The molecule has 118 valence electrons. The number of nitrogens with zero attached hydrogens (tertiary/aromatic N) is 2. The van der Waals surface area contributed by atoms with Crippen molar-refractivity contribution in [2.75, 3.05) is 33.2 Å². The monoisotopic (exact) mass is 303 g/mol. The lowest BCUT2D eigenvalue weighted by atomic mass is 9.94. The molecule has 2 N–H and O–H groups in total. The maximum absolute atomic E-state index is 12.4. The van der Waals surface area contributed by atoms with Crippen molar-refractivity contribution in [3.8, 4) is 0 Å². The summed E-state index contributed by atoms with van der Waals surface area (Å²) in [6.45, 7) is 3.40. The Balaban J connectivity index is 0.00000200. The molecule has 1 aliphatic heterocycles. The topological polar surface area (TPSA) is 49.6 Å². The van der Waals surface area contributed by atoms with Crippen molar-refractivity contribution in [3.63, 3.8) is 0 Å². The van der Waals surface area contributed by atoms with Gasteiger partial charge in [0, 0.05) is 19.6 Å². The van der Waals surface area contributed by atoms with E-state index >= 15 is 0 Å². The van der Waals surface area contributed by atoms with E-state index in [0.717, 1.165) is 19.6 Å². The molecular weight excluding hydrogens is 274 g/mol. The fraction of sp³-hybridized carbons (Fsp3) is 0.933. The van der Waals surface area contributed by atoms with Crippen LogP contribution >= 0.6 is 12.4 Å². The van der Waals surface area contributed by atoms with E-state index in [-0.39, 0.29) is 12.4 Å². The molecule has 1 atom stereocenters. The van der Waals surface area contributed by atoms with Crippen LogP contribution in [0.1, 0.15) is 44.9 Å². The summed E-state index contributed by atoms with van der Waals surface area (Å²) >= 11 is 0. The summed E-state index contributed by atoms with van der Waals surface area (Å²) in [5.41, 5.74) is 5.75. The number of nitrogens with two attached hydrogens (primary N) is 1. The van der Waals surface area contributed by atoms with Gasteiger partial charge in [0.2, 0.25) is 5.91 Å². The highest BCUT2D eigenvalue weighted by atomic mass is 35.5. The van der Waals surface area contributed by atoms with Crippen molar-refractivity contribution >= 4 is 18.3 Å². The van der Waals surface area contributed by atoms with Gasteiger partial charge in [0.05, 0.1) is 6.54 Å². The average molecular weight is 304 g/mol. The Bertz CT molecular complexity index is 295. The van der Waals surface area contributed by atoms with Gasteiger partial charge in [-0.2, -0.15) is 0 Å². The molecule has 0 aromatic heterocycles. The Kier molecular flexibility index (Phi) is 7.85. The molecule has 0 aromatic rings. The number of hydrogen-bond acceptors (Lipinski definition) is 3. The van der Waals surface area contributed by atoms with Crippen molar-refractivity contribution in [3.05, 3.63) is 0 Å². The largest absolute Gasteiger partial charge is 0.342 e. The van der Waals surface area contributed by atoms with Crippen molar-refractivity contribution in [1.82, 2.24) is 9.80 Å².